The quantitative estimate of drug-likeness (QED) is 0.830. The number of fused-ring (bicyclic) bond motifs is 2. The highest BCUT2D eigenvalue weighted by Gasteiger charge is 2.45. The fourth-order valence-electron chi connectivity index (χ4n) is 3.53. The molecule has 6 heteroatoms. The van der Waals surface area contributed by atoms with Gasteiger partial charge in [0.25, 0.3) is 0 Å². The molecule has 2 aliphatic rings. The van der Waals surface area contributed by atoms with E-state index in [2.05, 4.69) is 0 Å². The molecule has 2 unspecified atom stereocenters. The second-order valence-corrected chi connectivity index (χ2v) is 7.17. The van der Waals surface area contributed by atoms with E-state index in [-0.39, 0.29) is 37.2 Å². The highest BCUT2D eigenvalue weighted by Crippen LogP contribution is 2.37. The van der Waals surface area contributed by atoms with Crippen molar-refractivity contribution in [2.45, 2.75) is 76.6 Å². The SMILES string of the molecule is CC(C)(C)N(CCC(=O)O)C(=O)N1C2CCC1CC(O)C2. The standard InChI is InChI=1S/C15H26N2O4/c1-15(2,3)16(7-6-13(19)20)14(21)17-10-4-5-11(17)9-12(18)8-10/h10-12,18H,4-9H2,1-3H3,(H,19,20). The summed E-state index contributed by atoms with van der Waals surface area (Å²) in [5.74, 6) is -0.894. The molecule has 0 saturated carbocycles. The number of aliphatic hydroxyl groups is 1. The lowest BCUT2D eigenvalue weighted by molar-refractivity contribution is -0.137. The number of aliphatic carboxylic acids is 1. The third-order valence-electron chi connectivity index (χ3n) is 4.52. The number of hydrogen-bond donors (Lipinski definition) is 2. The van der Waals surface area contributed by atoms with Crippen LogP contribution >= 0.6 is 0 Å². The van der Waals surface area contributed by atoms with Crippen LogP contribution in [0.3, 0.4) is 0 Å². The van der Waals surface area contributed by atoms with E-state index in [0.29, 0.717) is 12.8 Å². The molecule has 2 saturated heterocycles. The lowest BCUT2D eigenvalue weighted by Crippen LogP contribution is -2.57. The van der Waals surface area contributed by atoms with Gasteiger partial charge in [-0.3, -0.25) is 4.79 Å². The van der Waals surface area contributed by atoms with Gasteiger partial charge in [-0.25, -0.2) is 4.79 Å². The van der Waals surface area contributed by atoms with Gasteiger partial charge in [0.2, 0.25) is 0 Å². The predicted molar refractivity (Wildman–Crippen MR) is 78.0 cm³/mol. The molecule has 2 bridgehead atoms. The molecule has 0 spiro atoms. The van der Waals surface area contributed by atoms with Crippen molar-refractivity contribution < 1.29 is 19.8 Å². The van der Waals surface area contributed by atoms with Gasteiger partial charge >= 0.3 is 12.0 Å². The molecule has 0 aromatic heterocycles. The molecule has 2 N–H and O–H groups in total. The molecule has 2 aliphatic heterocycles. The maximum absolute atomic E-state index is 12.9. The summed E-state index contributed by atoms with van der Waals surface area (Å²) in [5, 5.41) is 18.7. The Kier molecular flexibility index (Phi) is 4.46. The maximum Gasteiger partial charge on any atom is 0.320 e. The molecule has 2 rings (SSSR count). The van der Waals surface area contributed by atoms with Crippen LogP contribution in [0.1, 0.15) is 52.9 Å². The van der Waals surface area contributed by atoms with Crippen molar-refractivity contribution in [3.63, 3.8) is 0 Å². The van der Waals surface area contributed by atoms with Crippen LogP contribution in [-0.4, -0.2) is 62.3 Å². The van der Waals surface area contributed by atoms with E-state index in [9.17, 15) is 14.7 Å². The highest BCUT2D eigenvalue weighted by molar-refractivity contribution is 5.77. The summed E-state index contributed by atoms with van der Waals surface area (Å²) in [5.41, 5.74) is -0.415. The Morgan fingerprint density at radius 1 is 1.19 bits per heavy atom. The number of carboxylic acids is 1. The van der Waals surface area contributed by atoms with Crippen molar-refractivity contribution in [1.29, 1.82) is 0 Å². The summed E-state index contributed by atoms with van der Waals surface area (Å²) in [6, 6.07) is 0.116. The Balaban J connectivity index is 2.13. The van der Waals surface area contributed by atoms with E-state index >= 15 is 0 Å². The van der Waals surface area contributed by atoms with Crippen molar-refractivity contribution in [2.75, 3.05) is 6.54 Å². The Labute approximate surface area is 125 Å². The van der Waals surface area contributed by atoms with Crippen molar-refractivity contribution in [3.8, 4) is 0 Å². The summed E-state index contributed by atoms with van der Waals surface area (Å²) in [6.45, 7) is 5.99. The largest absolute Gasteiger partial charge is 0.481 e. The average molecular weight is 298 g/mol. The summed E-state index contributed by atoms with van der Waals surface area (Å²) in [6.07, 6.45) is 2.79. The molecule has 21 heavy (non-hydrogen) atoms. The fourth-order valence-corrected chi connectivity index (χ4v) is 3.53. The minimum atomic E-state index is -0.894. The molecule has 2 heterocycles. The first-order chi connectivity index (χ1) is 9.70. The molecule has 0 aromatic rings. The molecular weight excluding hydrogens is 272 g/mol. The minimum absolute atomic E-state index is 0.0468. The van der Waals surface area contributed by atoms with Crippen molar-refractivity contribution in [1.82, 2.24) is 9.80 Å². The first-order valence-electron chi connectivity index (χ1n) is 7.70. The first-order valence-corrected chi connectivity index (χ1v) is 7.70. The summed E-state index contributed by atoms with van der Waals surface area (Å²) >= 11 is 0. The highest BCUT2D eigenvalue weighted by atomic mass is 16.4. The minimum Gasteiger partial charge on any atom is -0.481 e. The van der Waals surface area contributed by atoms with Gasteiger partial charge in [-0.2, -0.15) is 0 Å². The van der Waals surface area contributed by atoms with Crippen LogP contribution in [0.4, 0.5) is 4.79 Å². The molecular formula is C15H26N2O4. The monoisotopic (exact) mass is 298 g/mol. The van der Waals surface area contributed by atoms with Crippen LogP contribution in [0.25, 0.3) is 0 Å². The van der Waals surface area contributed by atoms with E-state index in [0.717, 1.165) is 12.8 Å². The van der Waals surface area contributed by atoms with Crippen molar-refractivity contribution in [3.05, 3.63) is 0 Å². The maximum atomic E-state index is 12.9. The molecule has 2 amide bonds. The van der Waals surface area contributed by atoms with Crippen molar-refractivity contribution >= 4 is 12.0 Å². The number of rotatable bonds is 3. The van der Waals surface area contributed by atoms with Crippen LogP contribution < -0.4 is 0 Å². The van der Waals surface area contributed by atoms with Gasteiger partial charge < -0.3 is 20.0 Å². The number of aliphatic hydroxyl groups excluding tert-OH is 1. The lowest BCUT2D eigenvalue weighted by Gasteiger charge is -2.44. The topological polar surface area (TPSA) is 81.1 Å². The zero-order chi connectivity index (χ0) is 15.8. The average Bonchev–Trinajstić information content (AvgIpc) is 2.59. The Morgan fingerprint density at radius 2 is 1.71 bits per heavy atom. The van der Waals surface area contributed by atoms with Gasteiger partial charge in [0, 0.05) is 24.2 Å². The van der Waals surface area contributed by atoms with Gasteiger partial charge in [0.05, 0.1) is 12.5 Å². The molecule has 6 nitrogen and oxygen atoms in total. The van der Waals surface area contributed by atoms with E-state index in [4.69, 9.17) is 5.11 Å². The van der Waals surface area contributed by atoms with Crippen LogP contribution in [0.15, 0.2) is 0 Å². The zero-order valence-electron chi connectivity index (χ0n) is 13.1. The second kappa shape index (κ2) is 5.83. The molecule has 2 fully saturated rings. The molecule has 0 radical (unpaired) electrons. The Morgan fingerprint density at radius 3 is 2.14 bits per heavy atom. The van der Waals surface area contributed by atoms with Crippen LogP contribution in [-0.2, 0) is 4.79 Å². The zero-order valence-corrected chi connectivity index (χ0v) is 13.1. The number of piperidine rings is 1. The number of nitrogens with zero attached hydrogens (tertiary/aromatic N) is 2. The van der Waals surface area contributed by atoms with Crippen molar-refractivity contribution in [2.24, 2.45) is 0 Å². The van der Waals surface area contributed by atoms with E-state index in [1.54, 1.807) is 4.90 Å². The summed E-state index contributed by atoms with van der Waals surface area (Å²) in [4.78, 5) is 27.3. The Hall–Kier alpha value is -1.30. The third kappa shape index (κ3) is 3.48. The van der Waals surface area contributed by atoms with E-state index in [1.807, 2.05) is 25.7 Å². The molecule has 0 aromatic carbocycles. The van der Waals surface area contributed by atoms with Crippen LogP contribution in [0.2, 0.25) is 0 Å². The molecule has 2 atom stereocenters. The Bertz CT molecular complexity index is 404. The van der Waals surface area contributed by atoms with Gasteiger partial charge in [-0.1, -0.05) is 0 Å². The number of carbonyl (C=O) groups is 2. The smallest absolute Gasteiger partial charge is 0.320 e. The first kappa shape index (κ1) is 16.1. The molecule has 0 aliphatic carbocycles. The van der Waals surface area contributed by atoms with Gasteiger partial charge in [-0.15, -0.1) is 0 Å². The van der Waals surface area contributed by atoms with E-state index < -0.39 is 11.5 Å². The summed E-state index contributed by atoms with van der Waals surface area (Å²) in [7, 11) is 0. The number of amides is 2. The second-order valence-electron chi connectivity index (χ2n) is 7.17. The van der Waals surface area contributed by atoms with Crippen LogP contribution in [0.5, 0.6) is 0 Å². The fraction of sp³-hybridized carbons (Fsp3) is 0.867. The van der Waals surface area contributed by atoms with E-state index in [1.165, 1.54) is 0 Å². The van der Waals surface area contributed by atoms with Gasteiger partial charge in [0.15, 0.2) is 0 Å². The number of hydrogen-bond acceptors (Lipinski definition) is 3. The van der Waals surface area contributed by atoms with Crippen LogP contribution in [0, 0.1) is 0 Å². The number of carbonyl (C=O) groups excluding carboxylic acids is 1. The number of carboxylic acid groups (broad SMARTS) is 1. The number of urea groups is 1. The van der Waals surface area contributed by atoms with Gasteiger partial charge in [0.1, 0.15) is 0 Å². The lowest BCUT2D eigenvalue weighted by atomic mass is 9.99. The molecule has 120 valence electrons. The summed E-state index contributed by atoms with van der Waals surface area (Å²) < 4.78 is 0. The normalized spacial score (nSPS) is 28.6. The third-order valence-corrected chi connectivity index (χ3v) is 4.52. The predicted octanol–water partition coefficient (Wildman–Crippen LogP) is 1.67. The van der Waals surface area contributed by atoms with Gasteiger partial charge in [-0.05, 0) is 46.5 Å².